The zero-order chi connectivity index (χ0) is 19.5. The Hall–Kier alpha value is -3.53. The molecule has 0 fully saturated rings. The van der Waals surface area contributed by atoms with Gasteiger partial charge in [-0.05, 0) is 41.5 Å². The molecule has 0 aliphatic heterocycles. The molecule has 140 valence electrons. The Morgan fingerprint density at radius 2 is 1.64 bits per heavy atom. The first kappa shape index (κ1) is 17.9. The molecule has 0 aliphatic rings. The van der Waals surface area contributed by atoms with Crippen LogP contribution in [0.1, 0.15) is 11.1 Å². The lowest BCUT2D eigenvalue weighted by atomic mass is 10.1. The Bertz CT molecular complexity index is 1120. The number of para-hydroxylation sites is 2. The summed E-state index contributed by atoms with van der Waals surface area (Å²) < 4.78 is 2.13. The van der Waals surface area contributed by atoms with Crippen LogP contribution in [0.5, 0.6) is 0 Å². The molecule has 28 heavy (non-hydrogen) atoms. The molecule has 3 aromatic carbocycles. The molecular weight excluding hydrogens is 348 g/mol. The summed E-state index contributed by atoms with van der Waals surface area (Å²) in [5, 5.41) is 10.2. The van der Waals surface area contributed by atoms with Crippen LogP contribution in [-0.4, -0.2) is 22.7 Å². The first-order chi connectivity index (χ1) is 13.6. The molecule has 0 unspecified atom stereocenters. The maximum atomic E-state index is 11.2. The summed E-state index contributed by atoms with van der Waals surface area (Å²) in [5.74, 6) is -0.811. The van der Waals surface area contributed by atoms with E-state index >= 15 is 0 Å². The van der Waals surface area contributed by atoms with Crippen molar-refractivity contribution in [2.75, 3.05) is 11.9 Å². The Balaban J connectivity index is 1.66. The van der Waals surface area contributed by atoms with Gasteiger partial charge in [0, 0.05) is 42.1 Å². The summed E-state index contributed by atoms with van der Waals surface area (Å²) in [5.41, 5.74) is 5.32. The highest BCUT2D eigenvalue weighted by Crippen LogP contribution is 2.26. The largest absolute Gasteiger partial charge is 0.481 e. The summed E-state index contributed by atoms with van der Waals surface area (Å²) in [6, 6.07) is 26.7. The summed E-state index contributed by atoms with van der Waals surface area (Å²) in [7, 11) is 2.06. The molecule has 4 rings (SSSR count). The van der Waals surface area contributed by atoms with Crippen LogP contribution in [0, 0.1) is 0 Å². The molecule has 4 heteroatoms. The number of hydrogen-bond acceptors (Lipinski definition) is 2. The van der Waals surface area contributed by atoms with Gasteiger partial charge >= 0.3 is 5.97 Å². The normalized spacial score (nSPS) is 10.9. The van der Waals surface area contributed by atoms with Crippen LogP contribution in [0.2, 0.25) is 0 Å². The van der Waals surface area contributed by atoms with Crippen molar-refractivity contribution in [3.63, 3.8) is 0 Å². The number of hydrogen-bond donors (Lipinski definition) is 1. The fourth-order valence-corrected chi connectivity index (χ4v) is 3.62. The first-order valence-corrected chi connectivity index (χ1v) is 9.28. The molecule has 1 heterocycles. The smallest absolute Gasteiger partial charge is 0.307 e. The van der Waals surface area contributed by atoms with Crippen molar-refractivity contribution >= 4 is 28.2 Å². The van der Waals surface area contributed by atoms with Gasteiger partial charge in [-0.3, -0.25) is 4.79 Å². The molecular formula is C24H22N2O2. The van der Waals surface area contributed by atoms with E-state index in [1.807, 2.05) is 48.7 Å². The van der Waals surface area contributed by atoms with Crippen LogP contribution in [0.25, 0.3) is 10.9 Å². The monoisotopic (exact) mass is 370 g/mol. The van der Waals surface area contributed by atoms with Gasteiger partial charge in [0.05, 0.1) is 6.42 Å². The van der Waals surface area contributed by atoms with E-state index in [9.17, 15) is 9.90 Å². The van der Waals surface area contributed by atoms with Crippen molar-refractivity contribution in [2.45, 2.75) is 13.0 Å². The third-order valence-electron chi connectivity index (χ3n) is 5.01. The molecule has 1 N–H and O–H groups in total. The molecule has 0 saturated carbocycles. The van der Waals surface area contributed by atoms with Crippen LogP contribution in [0.4, 0.5) is 11.4 Å². The summed E-state index contributed by atoms with van der Waals surface area (Å²) in [4.78, 5) is 13.4. The molecule has 1 aromatic heterocycles. The second-order valence-electron chi connectivity index (χ2n) is 6.93. The summed E-state index contributed by atoms with van der Waals surface area (Å²) >= 11 is 0. The van der Waals surface area contributed by atoms with E-state index in [1.54, 1.807) is 0 Å². The van der Waals surface area contributed by atoms with E-state index in [1.165, 1.54) is 5.56 Å². The van der Waals surface area contributed by atoms with Crippen molar-refractivity contribution in [1.82, 2.24) is 4.57 Å². The second-order valence-corrected chi connectivity index (χ2v) is 6.93. The number of rotatable bonds is 6. The number of aliphatic carboxylic acids is 1. The van der Waals surface area contributed by atoms with Crippen molar-refractivity contribution in [1.29, 1.82) is 0 Å². The van der Waals surface area contributed by atoms with Gasteiger partial charge in [-0.15, -0.1) is 0 Å². The van der Waals surface area contributed by atoms with E-state index in [2.05, 4.69) is 52.9 Å². The predicted octanol–water partition coefficient (Wildman–Crippen LogP) is 5.08. The number of carboxylic acid groups (broad SMARTS) is 1. The Morgan fingerprint density at radius 3 is 2.43 bits per heavy atom. The molecule has 0 saturated heterocycles. The SMILES string of the molecule is CN(c1ccccc1)c1cccc(Cn2cc(CC(=O)O)c3ccccc32)c1. The Labute approximate surface area is 164 Å². The van der Waals surface area contributed by atoms with Crippen molar-refractivity contribution in [2.24, 2.45) is 0 Å². The van der Waals surface area contributed by atoms with E-state index in [0.717, 1.165) is 27.8 Å². The predicted molar refractivity (Wildman–Crippen MR) is 113 cm³/mol. The number of aromatic nitrogens is 1. The molecule has 0 bridgehead atoms. The quantitative estimate of drug-likeness (QED) is 0.514. The van der Waals surface area contributed by atoms with Gasteiger partial charge in [-0.2, -0.15) is 0 Å². The van der Waals surface area contributed by atoms with Gasteiger partial charge in [0.25, 0.3) is 0 Å². The molecule has 0 aliphatic carbocycles. The lowest BCUT2D eigenvalue weighted by molar-refractivity contribution is -0.136. The lowest BCUT2D eigenvalue weighted by Crippen LogP contribution is -2.09. The fourth-order valence-electron chi connectivity index (χ4n) is 3.62. The molecule has 4 nitrogen and oxygen atoms in total. The average Bonchev–Trinajstić information content (AvgIpc) is 3.05. The molecule has 4 aromatic rings. The fraction of sp³-hybridized carbons (Fsp3) is 0.125. The number of nitrogens with zero attached hydrogens (tertiary/aromatic N) is 2. The zero-order valence-electron chi connectivity index (χ0n) is 15.7. The van der Waals surface area contributed by atoms with E-state index < -0.39 is 5.97 Å². The molecule has 0 spiro atoms. The van der Waals surface area contributed by atoms with Crippen molar-refractivity contribution in [3.05, 3.63) is 96.2 Å². The molecule has 0 amide bonds. The number of anilines is 2. The standard InChI is InChI=1S/C24H22N2O2/c1-25(20-9-3-2-4-10-20)21-11-7-8-18(14-21)16-26-17-19(15-24(27)28)22-12-5-6-13-23(22)26/h2-14,17H,15-16H2,1H3,(H,27,28). The van der Waals surface area contributed by atoms with Gasteiger partial charge < -0.3 is 14.6 Å². The third-order valence-corrected chi connectivity index (χ3v) is 5.01. The van der Waals surface area contributed by atoms with Crippen LogP contribution in [-0.2, 0) is 17.8 Å². The highest BCUT2D eigenvalue weighted by atomic mass is 16.4. The summed E-state index contributed by atoms with van der Waals surface area (Å²) in [6.45, 7) is 0.691. The number of carbonyl (C=O) groups is 1. The van der Waals surface area contributed by atoms with Crippen LogP contribution in [0.15, 0.2) is 85.1 Å². The van der Waals surface area contributed by atoms with E-state index in [4.69, 9.17) is 0 Å². The number of fused-ring (bicyclic) bond motifs is 1. The van der Waals surface area contributed by atoms with E-state index in [0.29, 0.717) is 6.54 Å². The van der Waals surface area contributed by atoms with Crippen LogP contribution >= 0.6 is 0 Å². The van der Waals surface area contributed by atoms with Gasteiger partial charge in [0.15, 0.2) is 0 Å². The molecule has 0 radical (unpaired) electrons. The maximum Gasteiger partial charge on any atom is 0.307 e. The van der Waals surface area contributed by atoms with Gasteiger partial charge in [0.1, 0.15) is 0 Å². The highest BCUT2D eigenvalue weighted by molar-refractivity contribution is 5.87. The Kier molecular flexibility index (Phi) is 4.85. The number of benzene rings is 3. The van der Waals surface area contributed by atoms with Gasteiger partial charge in [-0.25, -0.2) is 0 Å². The van der Waals surface area contributed by atoms with Crippen LogP contribution in [0.3, 0.4) is 0 Å². The van der Waals surface area contributed by atoms with Crippen LogP contribution < -0.4 is 4.90 Å². The third kappa shape index (κ3) is 3.62. The molecule has 0 atom stereocenters. The highest BCUT2D eigenvalue weighted by Gasteiger charge is 2.12. The minimum Gasteiger partial charge on any atom is -0.481 e. The Morgan fingerprint density at radius 1 is 0.929 bits per heavy atom. The first-order valence-electron chi connectivity index (χ1n) is 9.28. The van der Waals surface area contributed by atoms with E-state index in [-0.39, 0.29) is 6.42 Å². The van der Waals surface area contributed by atoms with Crippen molar-refractivity contribution in [3.8, 4) is 0 Å². The second kappa shape index (κ2) is 7.61. The lowest BCUT2D eigenvalue weighted by Gasteiger charge is -2.20. The minimum atomic E-state index is -0.811. The number of carboxylic acids is 1. The zero-order valence-corrected chi connectivity index (χ0v) is 15.7. The minimum absolute atomic E-state index is 0.0320. The van der Waals surface area contributed by atoms with Gasteiger partial charge in [0.2, 0.25) is 0 Å². The maximum absolute atomic E-state index is 11.2. The van der Waals surface area contributed by atoms with Crippen molar-refractivity contribution < 1.29 is 9.90 Å². The topological polar surface area (TPSA) is 45.5 Å². The average molecular weight is 370 g/mol. The van der Waals surface area contributed by atoms with Gasteiger partial charge in [-0.1, -0.05) is 48.5 Å². The summed E-state index contributed by atoms with van der Waals surface area (Å²) in [6.07, 6.45) is 2.00.